The van der Waals surface area contributed by atoms with Gasteiger partial charge in [0, 0.05) is 59.4 Å². The minimum Gasteiger partial charge on any atom is -0.466 e. The summed E-state index contributed by atoms with van der Waals surface area (Å²) >= 11 is 0. The predicted molar refractivity (Wildman–Crippen MR) is 177 cm³/mol. The standard InChI is InChI=1S/C34H46N6O10/c1-22(17-32(46)50-26(19-48-24(3)41)20-49-25(4)42)16-31(45)47-15-7-6-8-30(44)40-14-11-27-33(36-21-37-34(27)40)38(5)28-18-39(13-10-23(28)2)29(43)9-12-35/h11,14,21-23,26,28H,6-10,13,15-20H2,1-5H3/t22?,23-,28+/m1/s1. The Kier molecular flexibility index (Phi) is 15.1. The molecule has 1 fully saturated rings. The molecule has 3 heterocycles. The van der Waals surface area contributed by atoms with Crippen molar-refractivity contribution in [3.8, 4) is 6.07 Å². The molecular weight excluding hydrogens is 652 g/mol. The van der Waals surface area contributed by atoms with E-state index in [2.05, 4.69) is 16.9 Å². The van der Waals surface area contributed by atoms with Crippen molar-refractivity contribution >= 4 is 52.5 Å². The molecule has 2 aromatic heterocycles. The number of fused-ring (bicyclic) bond motifs is 1. The fourth-order valence-electron chi connectivity index (χ4n) is 5.69. The highest BCUT2D eigenvalue weighted by molar-refractivity contribution is 5.95. The molecule has 0 radical (unpaired) electrons. The number of hydrogen-bond acceptors (Lipinski definition) is 14. The summed E-state index contributed by atoms with van der Waals surface area (Å²) in [5.74, 6) is -2.15. The Hall–Kier alpha value is -5.07. The van der Waals surface area contributed by atoms with Gasteiger partial charge in [-0.1, -0.05) is 13.8 Å². The van der Waals surface area contributed by atoms with Gasteiger partial charge >= 0.3 is 23.9 Å². The van der Waals surface area contributed by atoms with Crippen molar-refractivity contribution < 1.29 is 47.7 Å². The molecule has 0 spiro atoms. The number of hydrogen-bond donors (Lipinski definition) is 0. The third-order valence-corrected chi connectivity index (χ3v) is 8.38. The van der Waals surface area contributed by atoms with E-state index in [0.717, 1.165) is 6.42 Å². The molecule has 16 nitrogen and oxygen atoms in total. The van der Waals surface area contributed by atoms with Crippen LogP contribution in [0.2, 0.25) is 0 Å². The van der Waals surface area contributed by atoms with Gasteiger partial charge in [-0.15, -0.1) is 0 Å². The van der Waals surface area contributed by atoms with Crippen LogP contribution in [-0.4, -0.2) is 107 Å². The molecule has 16 heteroatoms. The minimum atomic E-state index is -0.969. The number of ether oxygens (including phenoxy) is 4. The third kappa shape index (κ3) is 11.8. The Morgan fingerprint density at radius 2 is 1.68 bits per heavy atom. The minimum absolute atomic E-state index is 0.0344. The van der Waals surface area contributed by atoms with Gasteiger partial charge in [0.15, 0.2) is 11.8 Å². The van der Waals surface area contributed by atoms with Crippen LogP contribution in [0.15, 0.2) is 18.6 Å². The summed E-state index contributed by atoms with van der Waals surface area (Å²) in [6, 6.07) is 3.69. The number of nitriles is 1. The molecule has 0 aliphatic carbocycles. The normalized spacial score (nSPS) is 16.3. The van der Waals surface area contributed by atoms with Gasteiger partial charge in [-0.05, 0) is 37.2 Å². The van der Waals surface area contributed by atoms with Gasteiger partial charge in [0.1, 0.15) is 31.8 Å². The second-order valence-corrected chi connectivity index (χ2v) is 12.5. The topological polar surface area (TPSA) is 200 Å². The van der Waals surface area contributed by atoms with Crippen LogP contribution in [-0.2, 0) is 42.9 Å². The fraction of sp³-hybridized carbons (Fsp3) is 0.618. The van der Waals surface area contributed by atoms with Crippen LogP contribution in [0.25, 0.3) is 11.0 Å². The molecule has 3 rings (SSSR count). The van der Waals surface area contributed by atoms with Crippen molar-refractivity contribution in [1.82, 2.24) is 19.4 Å². The first-order valence-electron chi connectivity index (χ1n) is 16.6. The van der Waals surface area contributed by atoms with Crippen LogP contribution < -0.4 is 4.90 Å². The van der Waals surface area contributed by atoms with Gasteiger partial charge < -0.3 is 28.7 Å². The summed E-state index contributed by atoms with van der Waals surface area (Å²) in [7, 11) is 1.91. The Bertz CT molecular complexity index is 1550. The summed E-state index contributed by atoms with van der Waals surface area (Å²) in [5, 5.41) is 9.65. The van der Waals surface area contributed by atoms with Crippen LogP contribution in [0.1, 0.15) is 77.4 Å². The predicted octanol–water partition coefficient (Wildman–Crippen LogP) is 2.83. The quantitative estimate of drug-likeness (QED) is 0.133. The molecule has 2 aromatic rings. The number of likely N-dealkylation sites (tertiary alicyclic amines) is 1. The maximum Gasteiger partial charge on any atom is 0.306 e. The average molecular weight is 699 g/mol. The molecular formula is C34H46N6O10. The number of unbranched alkanes of at least 4 members (excludes halogenated alkanes) is 1. The van der Waals surface area contributed by atoms with Gasteiger partial charge in [-0.3, -0.25) is 33.3 Å². The number of amides is 1. The van der Waals surface area contributed by atoms with Gasteiger partial charge in [-0.25, -0.2) is 9.97 Å². The number of rotatable bonds is 17. The Morgan fingerprint density at radius 3 is 2.34 bits per heavy atom. The van der Waals surface area contributed by atoms with E-state index in [1.165, 1.54) is 24.7 Å². The van der Waals surface area contributed by atoms with Crippen LogP contribution >= 0.6 is 0 Å². The zero-order valence-electron chi connectivity index (χ0n) is 29.3. The van der Waals surface area contributed by atoms with E-state index < -0.39 is 35.9 Å². The van der Waals surface area contributed by atoms with Gasteiger partial charge in [-0.2, -0.15) is 5.26 Å². The molecule has 1 saturated heterocycles. The van der Waals surface area contributed by atoms with E-state index in [-0.39, 0.29) is 69.3 Å². The lowest BCUT2D eigenvalue weighted by atomic mass is 9.92. The van der Waals surface area contributed by atoms with Crippen molar-refractivity contribution in [2.45, 2.75) is 84.8 Å². The largest absolute Gasteiger partial charge is 0.466 e. The molecule has 0 bridgehead atoms. The number of carbonyl (C=O) groups is 6. The summed E-state index contributed by atoms with van der Waals surface area (Å²) in [6.07, 6.45) is 3.70. The number of carbonyl (C=O) groups excluding carboxylic acids is 6. The average Bonchev–Trinajstić information content (AvgIpc) is 3.50. The SMILES string of the molecule is CC(=O)OCC(COC(C)=O)OC(=O)CC(C)CC(=O)OCCCCC(=O)n1ccc2c(N(C)[C@H]3CN(C(=O)CC#N)CC[C@H]3C)ncnc21. The molecule has 3 atom stereocenters. The maximum atomic E-state index is 13.1. The summed E-state index contributed by atoms with van der Waals surface area (Å²) < 4.78 is 21.7. The smallest absolute Gasteiger partial charge is 0.306 e. The van der Waals surface area contributed by atoms with Crippen LogP contribution in [0.3, 0.4) is 0 Å². The molecule has 1 aliphatic rings. The van der Waals surface area contributed by atoms with E-state index in [9.17, 15) is 28.8 Å². The first-order chi connectivity index (χ1) is 23.8. The van der Waals surface area contributed by atoms with Crippen molar-refractivity contribution in [2.75, 3.05) is 44.9 Å². The lowest BCUT2D eigenvalue weighted by molar-refractivity contribution is -0.166. The zero-order valence-corrected chi connectivity index (χ0v) is 29.3. The van der Waals surface area contributed by atoms with E-state index in [0.29, 0.717) is 42.8 Å². The Morgan fingerprint density at radius 1 is 1.00 bits per heavy atom. The monoisotopic (exact) mass is 698 g/mol. The summed E-state index contributed by atoms with van der Waals surface area (Å²) in [4.78, 5) is 85.0. The highest BCUT2D eigenvalue weighted by Gasteiger charge is 2.33. The Labute approximate surface area is 291 Å². The van der Waals surface area contributed by atoms with E-state index in [1.54, 1.807) is 24.1 Å². The highest BCUT2D eigenvalue weighted by atomic mass is 16.6. The summed E-state index contributed by atoms with van der Waals surface area (Å²) in [6.45, 7) is 6.85. The number of esters is 4. The van der Waals surface area contributed by atoms with E-state index in [1.807, 2.05) is 18.0 Å². The second-order valence-electron chi connectivity index (χ2n) is 12.5. The lowest BCUT2D eigenvalue weighted by Gasteiger charge is -2.42. The fourth-order valence-corrected chi connectivity index (χ4v) is 5.69. The van der Waals surface area contributed by atoms with Crippen molar-refractivity contribution in [1.29, 1.82) is 5.26 Å². The highest BCUT2D eigenvalue weighted by Crippen LogP contribution is 2.30. The van der Waals surface area contributed by atoms with Crippen LogP contribution in [0.4, 0.5) is 5.82 Å². The number of piperidine rings is 1. The number of nitrogens with zero attached hydrogens (tertiary/aromatic N) is 6. The molecule has 1 unspecified atom stereocenters. The van der Waals surface area contributed by atoms with Gasteiger partial charge in [0.25, 0.3) is 0 Å². The first kappa shape index (κ1) is 39.4. The second kappa shape index (κ2) is 19.2. The van der Waals surface area contributed by atoms with Crippen molar-refractivity contribution in [3.05, 3.63) is 18.6 Å². The molecule has 0 N–H and O–H groups in total. The molecule has 50 heavy (non-hydrogen) atoms. The van der Waals surface area contributed by atoms with Gasteiger partial charge in [0.05, 0.1) is 24.1 Å². The van der Waals surface area contributed by atoms with Crippen molar-refractivity contribution in [3.63, 3.8) is 0 Å². The first-order valence-corrected chi connectivity index (χ1v) is 16.6. The molecule has 1 aliphatic heterocycles. The van der Waals surface area contributed by atoms with Crippen LogP contribution in [0, 0.1) is 23.2 Å². The number of likely N-dealkylation sites (N-methyl/N-ethyl adjacent to an activating group) is 1. The number of anilines is 1. The maximum absolute atomic E-state index is 13.1. The molecule has 0 saturated carbocycles. The van der Waals surface area contributed by atoms with Crippen molar-refractivity contribution in [2.24, 2.45) is 11.8 Å². The molecule has 1 amide bonds. The zero-order chi connectivity index (χ0) is 36.8. The van der Waals surface area contributed by atoms with E-state index in [4.69, 9.17) is 24.2 Å². The molecule has 272 valence electrons. The number of aromatic nitrogens is 3. The van der Waals surface area contributed by atoms with Gasteiger partial charge in [0.2, 0.25) is 11.8 Å². The third-order valence-electron chi connectivity index (χ3n) is 8.38. The summed E-state index contributed by atoms with van der Waals surface area (Å²) in [5.41, 5.74) is 0.468. The van der Waals surface area contributed by atoms with E-state index >= 15 is 0 Å². The lowest BCUT2D eigenvalue weighted by Crippen LogP contribution is -2.52. The molecule has 0 aromatic carbocycles. The Balaban J connectivity index is 1.44. The van der Waals surface area contributed by atoms with Crippen LogP contribution in [0.5, 0.6) is 0 Å².